The second-order valence-corrected chi connectivity index (χ2v) is 6.38. The van der Waals surface area contributed by atoms with E-state index in [0.29, 0.717) is 5.11 Å². The van der Waals surface area contributed by atoms with Crippen LogP contribution in [0.15, 0.2) is 72.9 Å². The van der Waals surface area contributed by atoms with Gasteiger partial charge in [0.2, 0.25) is 0 Å². The van der Waals surface area contributed by atoms with Crippen molar-refractivity contribution < 1.29 is 0 Å². The summed E-state index contributed by atoms with van der Waals surface area (Å²) < 4.78 is 0. The number of benzene rings is 2. The summed E-state index contributed by atoms with van der Waals surface area (Å²) >= 11 is 5.55. The molecule has 0 aliphatic heterocycles. The quantitative estimate of drug-likeness (QED) is 0.666. The predicted molar refractivity (Wildman–Crippen MR) is 108 cm³/mol. The average Bonchev–Trinajstić information content (AvgIpc) is 2.63. The molecule has 3 rings (SSSR count). The maximum atomic E-state index is 5.55. The molecule has 0 fully saturated rings. The molecular weight excluding hydrogens is 326 g/mol. The van der Waals surface area contributed by atoms with Gasteiger partial charge in [0.15, 0.2) is 5.11 Å². The third-order valence-electron chi connectivity index (χ3n) is 4.15. The largest absolute Gasteiger partial charge is 0.351 e. The highest BCUT2D eigenvalue weighted by Gasteiger charge is 2.17. The molecule has 0 aliphatic rings. The molecular formula is C21H21N3S. The van der Waals surface area contributed by atoms with E-state index in [1.165, 1.54) is 16.7 Å². The molecule has 0 unspecified atom stereocenters. The van der Waals surface area contributed by atoms with Crippen LogP contribution < -0.4 is 10.6 Å². The van der Waals surface area contributed by atoms with Gasteiger partial charge in [-0.15, -0.1) is 0 Å². The monoisotopic (exact) mass is 347 g/mol. The van der Waals surface area contributed by atoms with E-state index in [1.807, 2.05) is 37.3 Å². The van der Waals surface area contributed by atoms with Crippen molar-refractivity contribution in [2.24, 2.45) is 0 Å². The summed E-state index contributed by atoms with van der Waals surface area (Å²) in [6.07, 6.45) is 1.76. The SMILES string of the molecule is Cc1ccccc1[C@@H](NC(=S)Nc1ncccc1C)c1ccccc1. The molecule has 3 nitrogen and oxygen atoms in total. The summed E-state index contributed by atoms with van der Waals surface area (Å²) in [6.45, 7) is 4.13. The number of pyridine rings is 1. The first-order chi connectivity index (χ1) is 12.1. The topological polar surface area (TPSA) is 37.0 Å². The van der Waals surface area contributed by atoms with Crippen molar-refractivity contribution in [1.82, 2.24) is 10.3 Å². The maximum Gasteiger partial charge on any atom is 0.172 e. The van der Waals surface area contributed by atoms with E-state index < -0.39 is 0 Å². The average molecular weight is 347 g/mol. The number of hydrogen-bond acceptors (Lipinski definition) is 2. The molecule has 0 saturated carbocycles. The van der Waals surface area contributed by atoms with E-state index in [4.69, 9.17) is 12.2 Å². The van der Waals surface area contributed by atoms with Crippen LogP contribution in [0, 0.1) is 13.8 Å². The zero-order valence-electron chi connectivity index (χ0n) is 14.4. The lowest BCUT2D eigenvalue weighted by molar-refractivity contribution is 0.762. The van der Waals surface area contributed by atoms with Crippen LogP contribution in [0.5, 0.6) is 0 Å². The number of anilines is 1. The lowest BCUT2D eigenvalue weighted by Crippen LogP contribution is -2.33. The highest BCUT2D eigenvalue weighted by atomic mass is 32.1. The van der Waals surface area contributed by atoms with Crippen LogP contribution in [0.3, 0.4) is 0 Å². The molecule has 126 valence electrons. The molecule has 0 amide bonds. The number of nitrogens with zero attached hydrogens (tertiary/aromatic N) is 1. The Morgan fingerprint density at radius 1 is 0.880 bits per heavy atom. The Balaban J connectivity index is 1.87. The first-order valence-electron chi connectivity index (χ1n) is 8.25. The number of rotatable bonds is 4. The second-order valence-electron chi connectivity index (χ2n) is 5.97. The second kappa shape index (κ2) is 7.90. The zero-order valence-corrected chi connectivity index (χ0v) is 15.2. The Kier molecular flexibility index (Phi) is 5.41. The molecule has 0 spiro atoms. The van der Waals surface area contributed by atoms with Crippen LogP contribution in [-0.4, -0.2) is 10.1 Å². The minimum absolute atomic E-state index is 0.0218. The Morgan fingerprint density at radius 3 is 2.28 bits per heavy atom. The Bertz CT molecular complexity index is 862. The molecule has 25 heavy (non-hydrogen) atoms. The van der Waals surface area contributed by atoms with Crippen LogP contribution in [0.25, 0.3) is 0 Å². The van der Waals surface area contributed by atoms with Gasteiger partial charge in [-0.1, -0.05) is 60.7 Å². The van der Waals surface area contributed by atoms with Crippen molar-refractivity contribution in [3.8, 4) is 0 Å². The van der Waals surface area contributed by atoms with Crippen molar-refractivity contribution in [2.75, 3.05) is 5.32 Å². The maximum absolute atomic E-state index is 5.55. The van der Waals surface area contributed by atoms with Crippen LogP contribution in [0.2, 0.25) is 0 Å². The Labute approximate surface area is 154 Å². The molecule has 1 atom stereocenters. The molecule has 0 aliphatic carbocycles. The third-order valence-corrected chi connectivity index (χ3v) is 4.37. The fraction of sp³-hybridized carbons (Fsp3) is 0.143. The van der Waals surface area contributed by atoms with Crippen molar-refractivity contribution in [3.63, 3.8) is 0 Å². The first kappa shape index (κ1) is 17.1. The van der Waals surface area contributed by atoms with Gasteiger partial charge in [0, 0.05) is 6.20 Å². The molecule has 0 bridgehead atoms. The normalized spacial score (nSPS) is 11.6. The molecule has 1 heterocycles. The summed E-state index contributed by atoms with van der Waals surface area (Å²) in [6, 6.07) is 22.6. The standard InChI is InChI=1S/C21H21N3S/c1-15-9-6-7-13-18(15)19(17-11-4-3-5-12-17)23-21(25)24-20-16(2)10-8-14-22-20/h3-14,19H,1-2H3,(H2,22,23,24,25)/t19-/m0/s1. The van der Waals surface area contributed by atoms with E-state index >= 15 is 0 Å². The number of nitrogens with one attached hydrogen (secondary N) is 2. The first-order valence-corrected chi connectivity index (χ1v) is 8.65. The summed E-state index contributed by atoms with van der Waals surface area (Å²) in [5.41, 5.74) is 4.65. The fourth-order valence-corrected chi connectivity index (χ4v) is 3.00. The highest BCUT2D eigenvalue weighted by Crippen LogP contribution is 2.25. The van der Waals surface area contributed by atoms with Crippen LogP contribution in [0.4, 0.5) is 5.82 Å². The van der Waals surface area contributed by atoms with Gasteiger partial charge in [-0.25, -0.2) is 4.98 Å². The Hall–Kier alpha value is -2.72. The molecule has 3 aromatic rings. The van der Waals surface area contributed by atoms with E-state index in [1.54, 1.807) is 6.20 Å². The fourth-order valence-electron chi connectivity index (χ4n) is 2.79. The number of thiocarbonyl (C=S) groups is 1. The van der Waals surface area contributed by atoms with E-state index in [2.05, 4.69) is 58.9 Å². The van der Waals surface area contributed by atoms with Crippen LogP contribution >= 0.6 is 12.2 Å². The summed E-state index contributed by atoms with van der Waals surface area (Å²) in [5, 5.41) is 7.21. The van der Waals surface area contributed by atoms with Crippen molar-refractivity contribution in [2.45, 2.75) is 19.9 Å². The van der Waals surface area contributed by atoms with Crippen molar-refractivity contribution in [3.05, 3.63) is 95.2 Å². The van der Waals surface area contributed by atoms with Gasteiger partial charge in [-0.2, -0.15) is 0 Å². The lowest BCUT2D eigenvalue weighted by atomic mass is 9.95. The van der Waals surface area contributed by atoms with Gasteiger partial charge in [-0.05, 0) is 54.4 Å². The van der Waals surface area contributed by atoms with Crippen LogP contribution in [0.1, 0.15) is 28.3 Å². The molecule has 4 heteroatoms. The molecule has 2 N–H and O–H groups in total. The van der Waals surface area contributed by atoms with Gasteiger partial charge in [0.1, 0.15) is 5.82 Å². The van der Waals surface area contributed by atoms with Gasteiger partial charge in [-0.3, -0.25) is 0 Å². The predicted octanol–water partition coefficient (Wildman–Crippen LogP) is 4.77. The van der Waals surface area contributed by atoms with E-state index in [0.717, 1.165) is 11.4 Å². The Morgan fingerprint density at radius 2 is 1.56 bits per heavy atom. The zero-order chi connectivity index (χ0) is 17.6. The van der Waals surface area contributed by atoms with Crippen LogP contribution in [-0.2, 0) is 0 Å². The van der Waals surface area contributed by atoms with E-state index in [9.17, 15) is 0 Å². The number of hydrogen-bond donors (Lipinski definition) is 2. The molecule has 1 aromatic heterocycles. The van der Waals surface area contributed by atoms with Gasteiger partial charge in [0.05, 0.1) is 6.04 Å². The van der Waals surface area contributed by atoms with Gasteiger partial charge in [0.25, 0.3) is 0 Å². The molecule has 0 radical (unpaired) electrons. The summed E-state index contributed by atoms with van der Waals surface area (Å²) in [7, 11) is 0. The smallest absolute Gasteiger partial charge is 0.172 e. The minimum Gasteiger partial charge on any atom is -0.351 e. The minimum atomic E-state index is -0.0218. The summed E-state index contributed by atoms with van der Waals surface area (Å²) in [5.74, 6) is 0.775. The van der Waals surface area contributed by atoms with Gasteiger partial charge >= 0.3 is 0 Å². The van der Waals surface area contributed by atoms with Crippen molar-refractivity contribution in [1.29, 1.82) is 0 Å². The molecule has 0 saturated heterocycles. The van der Waals surface area contributed by atoms with Crippen molar-refractivity contribution >= 4 is 23.1 Å². The summed E-state index contributed by atoms with van der Waals surface area (Å²) in [4.78, 5) is 4.35. The number of aromatic nitrogens is 1. The number of aryl methyl sites for hydroxylation is 2. The third kappa shape index (κ3) is 4.22. The molecule has 2 aromatic carbocycles. The van der Waals surface area contributed by atoms with Gasteiger partial charge < -0.3 is 10.6 Å². The highest BCUT2D eigenvalue weighted by molar-refractivity contribution is 7.80. The van der Waals surface area contributed by atoms with E-state index in [-0.39, 0.29) is 6.04 Å². The lowest BCUT2D eigenvalue weighted by Gasteiger charge is -2.23.